The zero-order valence-electron chi connectivity index (χ0n) is 8.21. The van der Waals surface area contributed by atoms with E-state index in [0.717, 1.165) is 18.2 Å². The van der Waals surface area contributed by atoms with Crippen molar-refractivity contribution in [1.82, 2.24) is 9.97 Å². The molecule has 0 aliphatic rings. The van der Waals surface area contributed by atoms with Crippen LogP contribution in [0.5, 0.6) is 0 Å². The van der Waals surface area contributed by atoms with E-state index in [1.165, 1.54) is 0 Å². The quantitative estimate of drug-likeness (QED) is 0.775. The van der Waals surface area contributed by atoms with Gasteiger partial charge >= 0.3 is 11.9 Å². The second kappa shape index (κ2) is 3.69. The molecule has 0 saturated carbocycles. The molecule has 0 radical (unpaired) electrons. The van der Waals surface area contributed by atoms with Gasteiger partial charge in [0.1, 0.15) is 0 Å². The van der Waals surface area contributed by atoms with Crippen molar-refractivity contribution in [3.8, 4) is 0 Å². The lowest BCUT2D eigenvalue weighted by atomic mass is 10.1. The third-order valence-electron chi connectivity index (χ3n) is 2.20. The van der Waals surface area contributed by atoms with E-state index < -0.39 is 17.4 Å². The summed E-state index contributed by atoms with van der Waals surface area (Å²) in [6.07, 6.45) is -4.15. The molecule has 1 aromatic heterocycles. The monoisotopic (exact) mass is 242 g/mol. The maximum absolute atomic E-state index is 12.4. The van der Waals surface area contributed by atoms with Crippen LogP contribution in [-0.2, 0) is 6.18 Å². The molecule has 1 heterocycles. The van der Waals surface area contributed by atoms with Crippen LogP contribution in [0.4, 0.5) is 13.2 Å². The highest BCUT2D eigenvalue weighted by atomic mass is 19.4. The first-order chi connectivity index (χ1) is 7.91. The van der Waals surface area contributed by atoms with Crippen molar-refractivity contribution in [3.05, 3.63) is 39.9 Å². The third-order valence-corrected chi connectivity index (χ3v) is 2.20. The predicted octanol–water partition coefficient (Wildman–Crippen LogP) is 1.75. The van der Waals surface area contributed by atoms with Crippen molar-refractivity contribution in [1.29, 1.82) is 0 Å². The Bertz CT molecular complexity index is 646. The molecule has 0 bridgehead atoms. The summed E-state index contributed by atoms with van der Waals surface area (Å²) in [5.41, 5.74) is -2.03. The average molecular weight is 242 g/mol. The van der Waals surface area contributed by atoms with Gasteiger partial charge in [0, 0.05) is 5.39 Å². The van der Waals surface area contributed by atoms with Gasteiger partial charge in [0.05, 0.1) is 16.8 Å². The highest BCUT2D eigenvalue weighted by Crippen LogP contribution is 2.30. The zero-order chi connectivity index (χ0) is 12.6. The summed E-state index contributed by atoms with van der Waals surface area (Å²) in [6, 6.07) is 2.66. The number of fused-ring (bicyclic) bond motifs is 1. The van der Waals surface area contributed by atoms with Crippen molar-refractivity contribution in [2.45, 2.75) is 6.18 Å². The van der Waals surface area contributed by atoms with Gasteiger partial charge in [0.25, 0.3) is 0 Å². The number of nitrogens with zero attached hydrogens (tertiary/aromatic N) is 1. The molecule has 4 nitrogen and oxygen atoms in total. The van der Waals surface area contributed by atoms with Crippen molar-refractivity contribution in [2.75, 3.05) is 0 Å². The first-order valence-corrected chi connectivity index (χ1v) is 4.48. The molecule has 0 spiro atoms. The average Bonchev–Trinajstić information content (AvgIpc) is 2.25. The van der Waals surface area contributed by atoms with Crippen molar-refractivity contribution >= 4 is 17.2 Å². The van der Waals surface area contributed by atoms with E-state index in [2.05, 4.69) is 9.97 Å². The van der Waals surface area contributed by atoms with Gasteiger partial charge in [-0.25, -0.2) is 4.79 Å². The fraction of sp³-hybridized carbons (Fsp3) is 0.100. The fourth-order valence-electron chi connectivity index (χ4n) is 1.44. The van der Waals surface area contributed by atoms with Crippen LogP contribution in [0, 0.1) is 0 Å². The highest BCUT2D eigenvalue weighted by Gasteiger charge is 2.30. The maximum Gasteiger partial charge on any atom is 0.416 e. The van der Waals surface area contributed by atoms with E-state index in [1.54, 1.807) is 0 Å². The van der Waals surface area contributed by atoms with Crippen LogP contribution in [0.15, 0.2) is 23.0 Å². The van der Waals surface area contributed by atoms with Crippen LogP contribution in [-0.4, -0.2) is 16.3 Å². The number of aromatic nitrogens is 2. The molecule has 7 heteroatoms. The molecule has 1 aromatic carbocycles. The summed E-state index contributed by atoms with van der Waals surface area (Å²) >= 11 is 0. The molecule has 0 fully saturated rings. The topological polar surface area (TPSA) is 62.8 Å². The number of hydrogen-bond acceptors (Lipinski definition) is 3. The molecule has 0 atom stereocenters. The second-order valence-corrected chi connectivity index (χ2v) is 3.30. The molecule has 0 amide bonds. The van der Waals surface area contributed by atoms with Gasteiger partial charge in [-0.3, -0.25) is 4.79 Å². The molecule has 0 aliphatic heterocycles. The van der Waals surface area contributed by atoms with Crippen molar-refractivity contribution < 1.29 is 18.0 Å². The zero-order valence-corrected chi connectivity index (χ0v) is 8.21. The minimum absolute atomic E-state index is 0.0891. The summed E-state index contributed by atoms with van der Waals surface area (Å²) in [5.74, 6) is 0. The molecule has 2 aromatic rings. The van der Waals surface area contributed by atoms with Gasteiger partial charge in [-0.1, -0.05) is 0 Å². The number of rotatable bonds is 1. The van der Waals surface area contributed by atoms with Crippen LogP contribution < -0.4 is 5.69 Å². The Morgan fingerprint density at radius 3 is 2.59 bits per heavy atom. The van der Waals surface area contributed by atoms with E-state index in [9.17, 15) is 22.8 Å². The number of benzene rings is 1. The smallest absolute Gasteiger partial charge is 0.302 e. The lowest BCUT2D eigenvalue weighted by Gasteiger charge is -2.07. The largest absolute Gasteiger partial charge is 0.416 e. The Morgan fingerprint density at radius 2 is 2.00 bits per heavy atom. The molecule has 17 heavy (non-hydrogen) atoms. The second-order valence-electron chi connectivity index (χ2n) is 3.30. The number of aromatic amines is 1. The minimum atomic E-state index is -4.51. The molecule has 0 aliphatic carbocycles. The Morgan fingerprint density at radius 1 is 1.29 bits per heavy atom. The predicted molar refractivity (Wildman–Crippen MR) is 52.8 cm³/mol. The Hall–Kier alpha value is -2.18. The number of H-pyrrole nitrogens is 1. The number of halogens is 3. The first kappa shape index (κ1) is 11.3. The maximum atomic E-state index is 12.4. The Kier molecular flexibility index (Phi) is 2.45. The van der Waals surface area contributed by atoms with Crippen molar-refractivity contribution in [3.63, 3.8) is 0 Å². The van der Waals surface area contributed by atoms with Gasteiger partial charge in [-0.15, -0.1) is 0 Å². The summed E-state index contributed by atoms with van der Waals surface area (Å²) in [6.45, 7) is 0. The number of hydrogen-bond donors (Lipinski definition) is 1. The van der Waals surface area contributed by atoms with Crippen LogP contribution >= 0.6 is 0 Å². The number of alkyl halides is 3. The highest BCUT2D eigenvalue weighted by molar-refractivity contribution is 5.94. The van der Waals surface area contributed by atoms with Gasteiger partial charge in [0.15, 0.2) is 6.29 Å². The lowest BCUT2D eigenvalue weighted by Crippen LogP contribution is -2.14. The van der Waals surface area contributed by atoms with E-state index in [-0.39, 0.29) is 16.6 Å². The molecular weight excluding hydrogens is 237 g/mol. The van der Waals surface area contributed by atoms with Gasteiger partial charge in [-0.05, 0) is 18.2 Å². The normalized spacial score (nSPS) is 11.7. The summed E-state index contributed by atoms with van der Waals surface area (Å²) in [4.78, 5) is 27.2. The number of aldehydes is 1. The minimum Gasteiger partial charge on any atom is -0.302 e. The molecule has 88 valence electrons. The standard InChI is InChI=1S/C10H5F3N2O2/c11-10(12,13)5-1-2-6-7(3-5)14-9(17)15-8(6)4-16/h1-4H,(H,14,15,17). The first-order valence-electron chi connectivity index (χ1n) is 4.48. The molecule has 2 rings (SSSR count). The summed E-state index contributed by atoms with van der Waals surface area (Å²) in [7, 11) is 0. The molecule has 0 saturated heterocycles. The van der Waals surface area contributed by atoms with E-state index in [0.29, 0.717) is 6.29 Å². The fourth-order valence-corrected chi connectivity index (χ4v) is 1.44. The number of nitrogens with one attached hydrogen (secondary N) is 1. The van der Waals surface area contributed by atoms with E-state index in [1.807, 2.05) is 0 Å². The SMILES string of the molecule is O=Cc1[nH]c(=O)nc2cc(C(F)(F)F)ccc12. The van der Waals surface area contributed by atoms with Gasteiger partial charge < -0.3 is 4.98 Å². The van der Waals surface area contributed by atoms with Crippen LogP contribution in [0.2, 0.25) is 0 Å². The van der Waals surface area contributed by atoms with Gasteiger partial charge in [0.2, 0.25) is 0 Å². The summed E-state index contributed by atoms with van der Waals surface area (Å²) < 4.78 is 37.2. The third kappa shape index (κ3) is 2.03. The molecular formula is C10H5F3N2O2. The summed E-state index contributed by atoms with van der Waals surface area (Å²) in [5, 5.41) is 0.174. The number of carbonyl (C=O) groups excluding carboxylic acids is 1. The Labute approximate surface area is 92.1 Å². The Balaban J connectivity index is 2.79. The lowest BCUT2D eigenvalue weighted by molar-refractivity contribution is -0.137. The molecule has 0 unspecified atom stereocenters. The van der Waals surface area contributed by atoms with Gasteiger partial charge in [-0.2, -0.15) is 18.2 Å². The number of carbonyl (C=O) groups is 1. The van der Waals surface area contributed by atoms with E-state index in [4.69, 9.17) is 0 Å². The van der Waals surface area contributed by atoms with Crippen LogP contribution in [0.3, 0.4) is 0 Å². The van der Waals surface area contributed by atoms with Crippen molar-refractivity contribution in [2.24, 2.45) is 0 Å². The molecule has 1 N–H and O–H groups in total. The van der Waals surface area contributed by atoms with Crippen LogP contribution in [0.1, 0.15) is 16.1 Å². The van der Waals surface area contributed by atoms with E-state index >= 15 is 0 Å². The van der Waals surface area contributed by atoms with Crippen LogP contribution in [0.25, 0.3) is 10.9 Å².